The minimum atomic E-state index is -0.204. The summed E-state index contributed by atoms with van der Waals surface area (Å²) in [6.07, 6.45) is 7.04. The molecule has 4 unspecified atom stereocenters. The van der Waals surface area contributed by atoms with Crippen molar-refractivity contribution >= 4 is 5.91 Å². The van der Waals surface area contributed by atoms with Gasteiger partial charge in [-0.15, -0.1) is 6.42 Å². The second-order valence-corrected chi connectivity index (χ2v) is 5.80. The van der Waals surface area contributed by atoms with Crippen LogP contribution in [0.5, 0.6) is 0 Å². The zero-order valence-electron chi connectivity index (χ0n) is 11.3. The molecular formula is C14H24N2O. The smallest absolute Gasteiger partial charge is 0.224 e. The highest BCUT2D eigenvalue weighted by atomic mass is 16.2. The fourth-order valence-electron chi connectivity index (χ4n) is 2.67. The molecule has 3 N–H and O–H groups in total. The zero-order valence-corrected chi connectivity index (χ0v) is 11.3. The van der Waals surface area contributed by atoms with E-state index in [1.165, 1.54) is 0 Å². The largest absolute Gasteiger partial charge is 0.342 e. The van der Waals surface area contributed by atoms with Crippen LogP contribution in [0.4, 0.5) is 0 Å². The maximum atomic E-state index is 12.2. The summed E-state index contributed by atoms with van der Waals surface area (Å²) in [5.74, 6) is 2.94. The number of nitrogens with two attached hydrogens (primary N) is 1. The van der Waals surface area contributed by atoms with Crippen LogP contribution in [0.25, 0.3) is 0 Å². The molecule has 1 fully saturated rings. The Morgan fingerprint density at radius 3 is 2.65 bits per heavy atom. The Morgan fingerprint density at radius 2 is 2.12 bits per heavy atom. The van der Waals surface area contributed by atoms with Gasteiger partial charge in [-0.25, -0.2) is 0 Å². The van der Waals surface area contributed by atoms with Crippen molar-refractivity contribution in [2.45, 2.75) is 52.6 Å². The predicted molar refractivity (Wildman–Crippen MR) is 70.1 cm³/mol. The standard InChI is InChI=1S/C14H24N2O/c1-6-9(2)16-13(17)11-7-8-12(15)10(3)14(11,4)5/h1,9-12H,7-8,15H2,2-5H3,(H,16,17). The first-order valence-electron chi connectivity index (χ1n) is 6.32. The third kappa shape index (κ3) is 2.81. The molecule has 0 aromatic rings. The molecule has 0 spiro atoms. The number of hydrogen-bond donors (Lipinski definition) is 2. The summed E-state index contributed by atoms with van der Waals surface area (Å²) in [4.78, 5) is 12.2. The van der Waals surface area contributed by atoms with Gasteiger partial charge in [0.15, 0.2) is 0 Å². The molecule has 0 aromatic carbocycles. The van der Waals surface area contributed by atoms with Gasteiger partial charge in [0, 0.05) is 12.0 Å². The molecule has 1 saturated carbocycles. The van der Waals surface area contributed by atoms with Gasteiger partial charge in [0.2, 0.25) is 5.91 Å². The normalized spacial score (nSPS) is 33.5. The molecule has 96 valence electrons. The minimum Gasteiger partial charge on any atom is -0.342 e. The molecule has 1 rings (SSSR count). The molecule has 17 heavy (non-hydrogen) atoms. The third-order valence-electron chi connectivity index (χ3n) is 4.43. The highest BCUT2D eigenvalue weighted by Crippen LogP contribution is 2.44. The highest BCUT2D eigenvalue weighted by molar-refractivity contribution is 5.80. The Morgan fingerprint density at radius 1 is 1.53 bits per heavy atom. The van der Waals surface area contributed by atoms with E-state index in [1.54, 1.807) is 0 Å². The second-order valence-electron chi connectivity index (χ2n) is 5.80. The molecule has 0 radical (unpaired) electrons. The van der Waals surface area contributed by atoms with Crippen LogP contribution in [-0.2, 0) is 4.79 Å². The number of rotatable bonds is 2. The zero-order chi connectivity index (χ0) is 13.2. The van der Waals surface area contributed by atoms with E-state index in [-0.39, 0.29) is 29.3 Å². The first-order valence-corrected chi connectivity index (χ1v) is 6.32. The molecule has 0 heterocycles. The van der Waals surface area contributed by atoms with Gasteiger partial charge in [-0.05, 0) is 31.1 Å². The summed E-state index contributed by atoms with van der Waals surface area (Å²) < 4.78 is 0. The van der Waals surface area contributed by atoms with Gasteiger partial charge in [-0.3, -0.25) is 4.79 Å². The van der Waals surface area contributed by atoms with Crippen LogP contribution in [0.3, 0.4) is 0 Å². The third-order valence-corrected chi connectivity index (χ3v) is 4.43. The van der Waals surface area contributed by atoms with Crippen molar-refractivity contribution in [2.75, 3.05) is 0 Å². The van der Waals surface area contributed by atoms with Gasteiger partial charge in [-0.1, -0.05) is 26.7 Å². The fraction of sp³-hybridized carbons (Fsp3) is 0.786. The maximum absolute atomic E-state index is 12.2. The molecule has 3 nitrogen and oxygen atoms in total. The predicted octanol–water partition coefficient (Wildman–Crippen LogP) is 1.52. The van der Waals surface area contributed by atoms with Crippen LogP contribution >= 0.6 is 0 Å². The lowest BCUT2D eigenvalue weighted by Gasteiger charge is -2.46. The summed E-state index contributed by atoms with van der Waals surface area (Å²) in [6, 6.07) is -0.0108. The number of carbonyl (C=O) groups is 1. The number of carbonyl (C=O) groups excluding carboxylic acids is 1. The van der Waals surface area contributed by atoms with Crippen LogP contribution in [0.15, 0.2) is 0 Å². The maximum Gasteiger partial charge on any atom is 0.224 e. The van der Waals surface area contributed by atoms with Crippen molar-refractivity contribution in [1.82, 2.24) is 5.32 Å². The monoisotopic (exact) mass is 236 g/mol. The van der Waals surface area contributed by atoms with E-state index in [0.29, 0.717) is 5.92 Å². The summed E-state index contributed by atoms with van der Waals surface area (Å²) in [7, 11) is 0. The summed E-state index contributed by atoms with van der Waals surface area (Å²) in [6.45, 7) is 8.21. The molecule has 0 aromatic heterocycles. The van der Waals surface area contributed by atoms with Crippen molar-refractivity contribution in [3.63, 3.8) is 0 Å². The molecule has 0 saturated heterocycles. The average molecular weight is 236 g/mol. The van der Waals surface area contributed by atoms with E-state index in [9.17, 15) is 4.79 Å². The van der Waals surface area contributed by atoms with Gasteiger partial charge in [0.1, 0.15) is 0 Å². The highest BCUT2D eigenvalue weighted by Gasteiger charge is 2.45. The summed E-state index contributed by atoms with van der Waals surface area (Å²) in [5.41, 5.74) is 6.01. The summed E-state index contributed by atoms with van der Waals surface area (Å²) in [5, 5.41) is 2.87. The molecule has 1 aliphatic carbocycles. The van der Waals surface area contributed by atoms with E-state index in [4.69, 9.17) is 12.2 Å². The van der Waals surface area contributed by atoms with Crippen molar-refractivity contribution in [2.24, 2.45) is 23.0 Å². The number of hydrogen-bond acceptors (Lipinski definition) is 2. The fourth-order valence-corrected chi connectivity index (χ4v) is 2.67. The van der Waals surface area contributed by atoms with Gasteiger partial charge >= 0.3 is 0 Å². The quantitative estimate of drug-likeness (QED) is 0.714. The second kappa shape index (κ2) is 5.10. The lowest BCUT2D eigenvalue weighted by molar-refractivity contribution is -0.132. The molecule has 1 aliphatic rings. The number of nitrogens with one attached hydrogen (secondary N) is 1. The number of amides is 1. The molecule has 0 bridgehead atoms. The van der Waals surface area contributed by atoms with Crippen molar-refractivity contribution in [3.05, 3.63) is 0 Å². The summed E-state index contributed by atoms with van der Waals surface area (Å²) >= 11 is 0. The van der Waals surface area contributed by atoms with E-state index in [0.717, 1.165) is 12.8 Å². The first-order chi connectivity index (χ1) is 7.80. The molecule has 1 amide bonds. The van der Waals surface area contributed by atoms with Crippen LogP contribution in [0.1, 0.15) is 40.5 Å². The minimum absolute atomic E-state index is 0.00750. The van der Waals surface area contributed by atoms with Gasteiger partial charge in [0.25, 0.3) is 0 Å². The van der Waals surface area contributed by atoms with Crippen molar-refractivity contribution in [1.29, 1.82) is 0 Å². The number of terminal acetylenes is 1. The Kier molecular flexibility index (Phi) is 4.21. The Balaban J connectivity index is 2.77. The van der Waals surface area contributed by atoms with Crippen LogP contribution in [0, 0.1) is 29.6 Å². The van der Waals surface area contributed by atoms with Crippen molar-refractivity contribution < 1.29 is 4.79 Å². The van der Waals surface area contributed by atoms with Gasteiger partial charge in [-0.2, -0.15) is 0 Å². The Hall–Kier alpha value is -1.01. The molecular weight excluding hydrogens is 212 g/mol. The molecule has 3 heteroatoms. The van der Waals surface area contributed by atoms with E-state index in [1.807, 2.05) is 6.92 Å². The molecule has 0 aliphatic heterocycles. The average Bonchev–Trinajstić information content (AvgIpc) is 2.25. The van der Waals surface area contributed by atoms with E-state index in [2.05, 4.69) is 32.0 Å². The Bertz CT molecular complexity index is 330. The SMILES string of the molecule is C#CC(C)NC(=O)C1CCC(N)C(C)C1(C)C. The van der Waals surface area contributed by atoms with E-state index < -0.39 is 0 Å². The van der Waals surface area contributed by atoms with Crippen molar-refractivity contribution in [3.8, 4) is 12.3 Å². The topological polar surface area (TPSA) is 55.1 Å². The Labute approximate surface area is 105 Å². The molecule has 4 atom stereocenters. The van der Waals surface area contributed by atoms with Gasteiger partial charge < -0.3 is 11.1 Å². The lowest BCUT2D eigenvalue weighted by Crippen LogP contribution is -2.52. The van der Waals surface area contributed by atoms with Gasteiger partial charge in [0.05, 0.1) is 6.04 Å². The first kappa shape index (κ1) is 14.1. The van der Waals surface area contributed by atoms with Crippen LogP contribution in [-0.4, -0.2) is 18.0 Å². The van der Waals surface area contributed by atoms with Crippen LogP contribution in [0.2, 0.25) is 0 Å². The van der Waals surface area contributed by atoms with Crippen LogP contribution < -0.4 is 11.1 Å². The lowest BCUT2D eigenvalue weighted by atomic mass is 9.61. The van der Waals surface area contributed by atoms with E-state index >= 15 is 0 Å².